The monoisotopic (exact) mass is 280 g/mol. The molecule has 1 saturated carbocycles. The number of urea groups is 1. The van der Waals surface area contributed by atoms with Crippen LogP contribution in [-0.2, 0) is 9.59 Å². The Labute approximate surface area is 120 Å². The zero-order valence-electron chi connectivity index (χ0n) is 12.6. The topological polar surface area (TPSA) is 66.5 Å². The van der Waals surface area contributed by atoms with Gasteiger partial charge in [-0.05, 0) is 30.6 Å². The van der Waals surface area contributed by atoms with Crippen molar-refractivity contribution < 1.29 is 14.4 Å². The number of barbiturate groups is 1. The number of amides is 4. The van der Waals surface area contributed by atoms with Crippen LogP contribution >= 0.6 is 0 Å². The summed E-state index contributed by atoms with van der Waals surface area (Å²) in [5, 5.41) is 2.36. The molecule has 1 atom stereocenters. The fourth-order valence-electron chi connectivity index (χ4n) is 3.03. The largest absolute Gasteiger partial charge is 0.330 e. The van der Waals surface area contributed by atoms with Gasteiger partial charge in [-0.15, -0.1) is 0 Å². The normalized spacial score (nSPS) is 25.2. The summed E-state index contributed by atoms with van der Waals surface area (Å²) in [5.41, 5.74) is -0.131. The van der Waals surface area contributed by atoms with Gasteiger partial charge in [-0.3, -0.25) is 19.8 Å². The van der Waals surface area contributed by atoms with Gasteiger partial charge in [0.1, 0.15) is 5.92 Å². The molecule has 0 radical (unpaired) electrons. The van der Waals surface area contributed by atoms with E-state index in [-0.39, 0.29) is 17.2 Å². The molecule has 0 spiro atoms. The Bertz CT molecular complexity index is 425. The van der Waals surface area contributed by atoms with E-state index in [0.717, 1.165) is 32.1 Å². The maximum atomic E-state index is 12.6. The standard InChI is InChI=1S/C15H24N2O3/c1-4-15(2,3)9-17-13(19)11(10-7-5-6-8-10)12(18)16-14(17)20/h10-11H,4-9H2,1-3H3,(H,16,18,20). The first-order valence-electron chi connectivity index (χ1n) is 7.52. The average Bonchev–Trinajstić information content (AvgIpc) is 2.88. The highest BCUT2D eigenvalue weighted by Crippen LogP contribution is 2.34. The van der Waals surface area contributed by atoms with E-state index in [9.17, 15) is 14.4 Å². The van der Waals surface area contributed by atoms with Crippen molar-refractivity contribution in [2.75, 3.05) is 6.54 Å². The molecule has 20 heavy (non-hydrogen) atoms. The van der Waals surface area contributed by atoms with Crippen molar-refractivity contribution >= 4 is 17.8 Å². The summed E-state index contributed by atoms with van der Waals surface area (Å²) in [6, 6.07) is -0.559. The van der Waals surface area contributed by atoms with Crippen molar-refractivity contribution in [2.24, 2.45) is 17.3 Å². The van der Waals surface area contributed by atoms with Gasteiger partial charge >= 0.3 is 6.03 Å². The van der Waals surface area contributed by atoms with Crippen LogP contribution in [0.1, 0.15) is 52.9 Å². The lowest BCUT2D eigenvalue weighted by Crippen LogP contribution is -2.60. The van der Waals surface area contributed by atoms with Crippen LogP contribution < -0.4 is 5.32 Å². The first kappa shape index (κ1) is 15.0. The molecule has 5 heteroatoms. The van der Waals surface area contributed by atoms with Crippen molar-refractivity contribution in [1.82, 2.24) is 10.2 Å². The van der Waals surface area contributed by atoms with E-state index in [1.807, 2.05) is 20.8 Å². The molecule has 0 bridgehead atoms. The highest BCUT2D eigenvalue weighted by atomic mass is 16.2. The van der Waals surface area contributed by atoms with Crippen LogP contribution in [0.25, 0.3) is 0 Å². The van der Waals surface area contributed by atoms with E-state index in [0.29, 0.717) is 6.54 Å². The number of nitrogens with zero attached hydrogens (tertiary/aromatic N) is 1. The Kier molecular flexibility index (Phi) is 4.16. The molecule has 5 nitrogen and oxygen atoms in total. The number of carbonyl (C=O) groups excluding carboxylic acids is 3. The van der Waals surface area contributed by atoms with Gasteiger partial charge in [0.15, 0.2) is 0 Å². The number of hydrogen-bond donors (Lipinski definition) is 1. The third kappa shape index (κ3) is 2.86. The van der Waals surface area contributed by atoms with E-state index in [2.05, 4.69) is 5.32 Å². The van der Waals surface area contributed by atoms with Crippen molar-refractivity contribution in [2.45, 2.75) is 52.9 Å². The van der Waals surface area contributed by atoms with Gasteiger partial charge in [-0.1, -0.05) is 33.6 Å². The van der Waals surface area contributed by atoms with Crippen molar-refractivity contribution in [3.8, 4) is 0 Å². The van der Waals surface area contributed by atoms with Gasteiger partial charge in [0, 0.05) is 6.54 Å². The number of carbonyl (C=O) groups is 3. The summed E-state index contributed by atoms with van der Waals surface area (Å²) >= 11 is 0. The fourth-order valence-corrected chi connectivity index (χ4v) is 3.03. The molecule has 1 saturated heterocycles. The molecule has 1 aliphatic heterocycles. The van der Waals surface area contributed by atoms with Gasteiger partial charge in [0.2, 0.25) is 11.8 Å². The molecule has 2 aliphatic rings. The molecule has 1 aliphatic carbocycles. The summed E-state index contributed by atoms with van der Waals surface area (Å²) in [6.07, 6.45) is 4.81. The first-order valence-corrected chi connectivity index (χ1v) is 7.52. The van der Waals surface area contributed by atoms with Crippen LogP contribution in [0.15, 0.2) is 0 Å². The minimum atomic E-state index is -0.664. The number of imide groups is 2. The molecule has 1 unspecified atom stereocenters. The van der Waals surface area contributed by atoms with Crippen LogP contribution in [0.5, 0.6) is 0 Å². The van der Waals surface area contributed by atoms with Crippen LogP contribution in [0.4, 0.5) is 4.79 Å². The van der Waals surface area contributed by atoms with Crippen molar-refractivity contribution in [1.29, 1.82) is 0 Å². The van der Waals surface area contributed by atoms with Gasteiger partial charge in [-0.2, -0.15) is 0 Å². The SMILES string of the molecule is CCC(C)(C)CN1C(=O)NC(=O)C(C2CCCC2)C1=O. The van der Waals surface area contributed by atoms with Gasteiger partial charge < -0.3 is 0 Å². The molecule has 0 aromatic carbocycles. The summed E-state index contributed by atoms with van der Waals surface area (Å²) in [5.74, 6) is -1.27. The molecule has 2 rings (SSSR count). The number of rotatable bonds is 4. The van der Waals surface area contributed by atoms with E-state index in [1.165, 1.54) is 4.90 Å². The predicted octanol–water partition coefficient (Wildman–Crippen LogP) is 2.31. The second-order valence-electron chi connectivity index (χ2n) is 6.76. The minimum absolute atomic E-state index is 0.0999. The van der Waals surface area contributed by atoms with E-state index in [4.69, 9.17) is 0 Å². The third-order valence-electron chi connectivity index (χ3n) is 4.70. The average molecular weight is 280 g/mol. The summed E-state index contributed by atoms with van der Waals surface area (Å²) in [4.78, 5) is 37.8. The molecular weight excluding hydrogens is 256 g/mol. The van der Waals surface area contributed by atoms with Crippen LogP contribution in [0, 0.1) is 17.3 Å². The van der Waals surface area contributed by atoms with Gasteiger partial charge in [0.05, 0.1) is 0 Å². The molecular formula is C15H24N2O3. The number of hydrogen-bond acceptors (Lipinski definition) is 3. The van der Waals surface area contributed by atoms with Gasteiger partial charge in [0.25, 0.3) is 0 Å². The maximum Gasteiger partial charge on any atom is 0.330 e. The lowest BCUT2D eigenvalue weighted by Gasteiger charge is -2.37. The van der Waals surface area contributed by atoms with Crippen molar-refractivity contribution in [3.63, 3.8) is 0 Å². The molecule has 0 aromatic rings. The summed E-state index contributed by atoms with van der Waals surface area (Å²) in [7, 11) is 0. The number of nitrogens with one attached hydrogen (secondary N) is 1. The summed E-state index contributed by atoms with van der Waals surface area (Å²) in [6.45, 7) is 6.44. The van der Waals surface area contributed by atoms with E-state index in [1.54, 1.807) is 0 Å². The smallest absolute Gasteiger partial charge is 0.277 e. The second-order valence-corrected chi connectivity index (χ2v) is 6.76. The minimum Gasteiger partial charge on any atom is -0.277 e. The van der Waals surface area contributed by atoms with Crippen LogP contribution in [0.2, 0.25) is 0 Å². The van der Waals surface area contributed by atoms with Crippen LogP contribution in [-0.4, -0.2) is 29.3 Å². The Balaban J connectivity index is 2.17. The Morgan fingerprint density at radius 2 is 1.80 bits per heavy atom. The van der Waals surface area contributed by atoms with E-state index >= 15 is 0 Å². The Morgan fingerprint density at radius 1 is 1.20 bits per heavy atom. The molecule has 4 amide bonds. The van der Waals surface area contributed by atoms with Crippen LogP contribution in [0.3, 0.4) is 0 Å². The molecule has 1 N–H and O–H groups in total. The summed E-state index contributed by atoms with van der Waals surface area (Å²) < 4.78 is 0. The zero-order valence-corrected chi connectivity index (χ0v) is 12.6. The second kappa shape index (κ2) is 5.54. The van der Waals surface area contributed by atoms with Gasteiger partial charge in [-0.25, -0.2) is 4.79 Å². The highest BCUT2D eigenvalue weighted by Gasteiger charge is 2.46. The predicted molar refractivity (Wildman–Crippen MR) is 74.8 cm³/mol. The lowest BCUT2D eigenvalue weighted by atomic mass is 9.85. The Hall–Kier alpha value is -1.39. The molecule has 112 valence electrons. The maximum absolute atomic E-state index is 12.6. The first-order chi connectivity index (χ1) is 9.35. The third-order valence-corrected chi connectivity index (χ3v) is 4.70. The van der Waals surface area contributed by atoms with Crippen molar-refractivity contribution in [3.05, 3.63) is 0 Å². The quantitative estimate of drug-likeness (QED) is 0.804. The Morgan fingerprint density at radius 3 is 2.35 bits per heavy atom. The lowest BCUT2D eigenvalue weighted by molar-refractivity contribution is -0.145. The van der Waals surface area contributed by atoms with E-state index < -0.39 is 17.9 Å². The molecule has 0 aromatic heterocycles. The fraction of sp³-hybridized carbons (Fsp3) is 0.800. The molecule has 2 fully saturated rings. The molecule has 1 heterocycles. The highest BCUT2D eigenvalue weighted by molar-refractivity contribution is 6.16. The zero-order chi connectivity index (χ0) is 14.9.